The molecule has 3 rings (SSSR count). The second-order valence-corrected chi connectivity index (χ2v) is 6.20. The Bertz CT molecular complexity index is 597. The Balaban J connectivity index is 0.00000225. The number of halogens is 1. The number of piperazine rings is 1. The first-order valence-corrected chi connectivity index (χ1v) is 8.74. The number of carbonyl (C=O) groups excluding carboxylic acids is 2. The zero-order valence-electron chi connectivity index (χ0n) is 14.6. The summed E-state index contributed by atoms with van der Waals surface area (Å²) in [5.41, 5.74) is 0.594. The Morgan fingerprint density at radius 3 is 2.48 bits per heavy atom. The molecule has 1 atom stereocenters. The monoisotopic (exact) mass is 367 g/mol. The molecule has 138 valence electrons. The maximum Gasteiger partial charge on any atom is 0.257 e. The molecule has 2 fully saturated rings. The van der Waals surface area contributed by atoms with Gasteiger partial charge in [0.05, 0.1) is 18.2 Å². The van der Waals surface area contributed by atoms with E-state index in [1.807, 2.05) is 34.9 Å². The number of benzene rings is 1. The molecule has 6 nitrogen and oxygen atoms in total. The third-order valence-electron chi connectivity index (χ3n) is 4.65. The van der Waals surface area contributed by atoms with Crippen molar-refractivity contribution in [1.29, 1.82) is 0 Å². The molecule has 1 aromatic carbocycles. The van der Waals surface area contributed by atoms with Crippen molar-refractivity contribution in [1.82, 2.24) is 15.1 Å². The zero-order chi connectivity index (χ0) is 16.9. The number of ether oxygens (including phenoxy) is 1. The number of nitrogens with zero attached hydrogens (tertiary/aromatic N) is 2. The lowest BCUT2D eigenvalue weighted by Gasteiger charge is -2.36. The Kier molecular flexibility index (Phi) is 7.08. The maximum absolute atomic E-state index is 12.8. The van der Waals surface area contributed by atoms with E-state index >= 15 is 0 Å². The molecule has 0 bridgehead atoms. The van der Waals surface area contributed by atoms with Gasteiger partial charge in [0.15, 0.2) is 0 Å². The van der Waals surface area contributed by atoms with Crippen LogP contribution in [0.15, 0.2) is 24.3 Å². The van der Waals surface area contributed by atoms with Gasteiger partial charge in [-0.15, -0.1) is 12.4 Å². The summed E-state index contributed by atoms with van der Waals surface area (Å²) in [7, 11) is 0. The molecule has 1 unspecified atom stereocenters. The summed E-state index contributed by atoms with van der Waals surface area (Å²) in [5, 5.41) is 3.25. The van der Waals surface area contributed by atoms with E-state index in [-0.39, 0.29) is 30.3 Å². The topological polar surface area (TPSA) is 61.9 Å². The number of hydrogen-bond donors (Lipinski definition) is 1. The number of rotatable bonds is 4. The normalized spacial score (nSPS) is 20.1. The minimum Gasteiger partial charge on any atom is -0.493 e. The van der Waals surface area contributed by atoms with E-state index in [2.05, 4.69) is 5.32 Å². The van der Waals surface area contributed by atoms with Crippen LogP contribution in [0.5, 0.6) is 5.75 Å². The van der Waals surface area contributed by atoms with E-state index in [0.29, 0.717) is 44.1 Å². The molecule has 1 N–H and O–H groups in total. The molecular weight excluding hydrogens is 342 g/mol. The average Bonchev–Trinajstić information content (AvgIpc) is 3.16. The van der Waals surface area contributed by atoms with Gasteiger partial charge in [-0.1, -0.05) is 12.1 Å². The molecule has 2 aliphatic rings. The highest BCUT2D eigenvalue weighted by Crippen LogP contribution is 2.21. The number of para-hydroxylation sites is 1. The predicted molar refractivity (Wildman–Crippen MR) is 98.4 cm³/mol. The molecule has 0 aliphatic carbocycles. The van der Waals surface area contributed by atoms with Crippen LogP contribution in [0, 0.1) is 0 Å². The van der Waals surface area contributed by atoms with Gasteiger partial charge in [-0.2, -0.15) is 0 Å². The van der Waals surface area contributed by atoms with Crippen LogP contribution >= 0.6 is 12.4 Å². The summed E-state index contributed by atoms with van der Waals surface area (Å²) < 4.78 is 5.56. The Hall–Kier alpha value is -1.79. The van der Waals surface area contributed by atoms with Crippen LogP contribution in [0.25, 0.3) is 0 Å². The second-order valence-electron chi connectivity index (χ2n) is 6.20. The van der Waals surface area contributed by atoms with E-state index in [9.17, 15) is 9.59 Å². The lowest BCUT2D eigenvalue weighted by Crippen LogP contribution is -2.54. The van der Waals surface area contributed by atoms with Crippen molar-refractivity contribution in [3.8, 4) is 5.75 Å². The fourth-order valence-corrected chi connectivity index (χ4v) is 3.34. The summed E-state index contributed by atoms with van der Waals surface area (Å²) >= 11 is 0. The third-order valence-corrected chi connectivity index (χ3v) is 4.65. The minimum atomic E-state index is -0.0362. The van der Waals surface area contributed by atoms with Crippen LogP contribution in [0.4, 0.5) is 0 Å². The molecule has 2 aliphatic heterocycles. The van der Waals surface area contributed by atoms with Crippen molar-refractivity contribution in [3.63, 3.8) is 0 Å². The quantitative estimate of drug-likeness (QED) is 0.877. The van der Waals surface area contributed by atoms with Gasteiger partial charge >= 0.3 is 0 Å². The van der Waals surface area contributed by atoms with Crippen molar-refractivity contribution in [2.24, 2.45) is 0 Å². The zero-order valence-corrected chi connectivity index (χ0v) is 15.4. The number of carbonyl (C=O) groups is 2. The molecule has 7 heteroatoms. The molecule has 0 saturated carbocycles. The van der Waals surface area contributed by atoms with E-state index in [0.717, 1.165) is 19.4 Å². The fourth-order valence-electron chi connectivity index (χ4n) is 3.34. The number of hydrogen-bond acceptors (Lipinski definition) is 4. The molecule has 0 radical (unpaired) electrons. The van der Waals surface area contributed by atoms with Crippen molar-refractivity contribution in [2.75, 3.05) is 39.3 Å². The largest absolute Gasteiger partial charge is 0.493 e. The highest BCUT2D eigenvalue weighted by molar-refractivity contribution is 5.97. The van der Waals surface area contributed by atoms with Crippen LogP contribution in [0.2, 0.25) is 0 Å². The van der Waals surface area contributed by atoms with Crippen molar-refractivity contribution >= 4 is 24.2 Å². The smallest absolute Gasteiger partial charge is 0.257 e. The highest BCUT2D eigenvalue weighted by Gasteiger charge is 2.31. The fraction of sp³-hybridized carbons (Fsp3) is 0.556. The van der Waals surface area contributed by atoms with Gasteiger partial charge in [0.25, 0.3) is 5.91 Å². The maximum atomic E-state index is 12.8. The SMILES string of the molecule is CCOc1ccccc1C(=O)N1CCN(C(=O)C2CCCN2)CC1.Cl. The van der Waals surface area contributed by atoms with E-state index < -0.39 is 0 Å². The third kappa shape index (κ3) is 4.44. The lowest BCUT2D eigenvalue weighted by molar-refractivity contribution is -0.134. The molecule has 0 aromatic heterocycles. The summed E-state index contributed by atoms with van der Waals surface area (Å²) in [4.78, 5) is 28.9. The van der Waals surface area contributed by atoms with Crippen LogP contribution in [0.3, 0.4) is 0 Å². The summed E-state index contributed by atoms with van der Waals surface area (Å²) in [6, 6.07) is 7.30. The summed E-state index contributed by atoms with van der Waals surface area (Å²) in [5.74, 6) is 0.776. The number of nitrogens with one attached hydrogen (secondary N) is 1. The first-order valence-electron chi connectivity index (χ1n) is 8.74. The van der Waals surface area contributed by atoms with Crippen molar-refractivity contribution in [3.05, 3.63) is 29.8 Å². The Morgan fingerprint density at radius 2 is 1.84 bits per heavy atom. The molecule has 1 aromatic rings. The predicted octanol–water partition coefficient (Wildman–Crippen LogP) is 1.54. The van der Waals surface area contributed by atoms with E-state index in [4.69, 9.17) is 4.74 Å². The second kappa shape index (κ2) is 9.06. The molecular formula is C18H26ClN3O3. The van der Waals surface area contributed by atoms with Gasteiger partial charge in [-0.25, -0.2) is 0 Å². The molecule has 25 heavy (non-hydrogen) atoms. The minimum absolute atomic E-state index is 0. The standard InChI is InChI=1S/C18H25N3O3.ClH/c1-2-24-16-8-4-3-6-14(16)17(22)20-10-12-21(13-11-20)18(23)15-7-5-9-19-15;/h3-4,6,8,15,19H,2,5,7,9-13H2,1H3;1H. The number of amides is 2. The Morgan fingerprint density at radius 1 is 1.16 bits per heavy atom. The summed E-state index contributed by atoms with van der Waals surface area (Å²) in [6.45, 7) is 5.68. The first-order chi connectivity index (χ1) is 11.7. The van der Waals surface area contributed by atoms with Crippen LogP contribution in [0.1, 0.15) is 30.1 Å². The van der Waals surface area contributed by atoms with Gasteiger partial charge in [0.1, 0.15) is 5.75 Å². The van der Waals surface area contributed by atoms with Gasteiger partial charge < -0.3 is 19.9 Å². The molecule has 2 heterocycles. The van der Waals surface area contributed by atoms with Crippen LogP contribution < -0.4 is 10.1 Å². The van der Waals surface area contributed by atoms with Crippen LogP contribution in [-0.2, 0) is 4.79 Å². The average molecular weight is 368 g/mol. The van der Waals surface area contributed by atoms with E-state index in [1.165, 1.54) is 0 Å². The summed E-state index contributed by atoms with van der Waals surface area (Å²) in [6.07, 6.45) is 1.97. The first kappa shape index (κ1) is 19.5. The van der Waals surface area contributed by atoms with Crippen molar-refractivity contribution < 1.29 is 14.3 Å². The lowest BCUT2D eigenvalue weighted by atomic mass is 10.1. The van der Waals surface area contributed by atoms with Crippen LogP contribution in [-0.4, -0.2) is 67.0 Å². The van der Waals surface area contributed by atoms with Gasteiger partial charge in [0, 0.05) is 26.2 Å². The van der Waals surface area contributed by atoms with Gasteiger partial charge in [-0.3, -0.25) is 9.59 Å². The highest BCUT2D eigenvalue weighted by atomic mass is 35.5. The van der Waals surface area contributed by atoms with Crippen molar-refractivity contribution in [2.45, 2.75) is 25.8 Å². The molecule has 0 spiro atoms. The van der Waals surface area contributed by atoms with Gasteiger partial charge in [-0.05, 0) is 38.4 Å². The van der Waals surface area contributed by atoms with Gasteiger partial charge in [0.2, 0.25) is 5.91 Å². The molecule has 2 amide bonds. The molecule has 2 saturated heterocycles. The Labute approximate surface area is 154 Å². The van der Waals surface area contributed by atoms with E-state index in [1.54, 1.807) is 6.07 Å².